The van der Waals surface area contributed by atoms with Crippen molar-refractivity contribution < 1.29 is 19.7 Å². The first-order chi connectivity index (χ1) is 12.8. The van der Waals surface area contributed by atoms with Crippen molar-refractivity contribution in [2.45, 2.75) is 76.4 Å². The Balaban J connectivity index is 2.50. The van der Waals surface area contributed by atoms with E-state index >= 15 is 0 Å². The molecule has 1 saturated carbocycles. The van der Waals surface area contributed by atoms with Crippen molar-refractivity contribution >= 4 is 0 Å². The highest BCUT2D eigenvalue weighted by Gasteiger charge is 2.41. The van der Waals surface area contributed by atoms with E-state index in [0.717, 1.165) is 51.4 Å². The molecule has 0 spiro atoms. The number of aliphatic hydroxyl groups excluding tert-OH is 2. The molecule has 1 aliphatic carbocycles. The minimum Gasteiger partial charge on any atom is -0.396 e. The lowest BCUT2D eigenvalue weighted by Crippen LogP contribution is -2.22. The molecule has 0 aromatic rings. The third kappa shape index (κ3) is 8.81. The third-order valence-corrected chi connectivity index (χ3v) is 5.46. The van der Waals surface area contributed by atoms with Gasteiger partial charge in [0.2, 0.25) is 0 Å². The Hall–Kier alpha value is -0.680. The van der Waals surface area contributed by atoms with Crippen LogP contribution in [0.1, 0.15) is 64.2 Å². The first-order valence-electron chi connectivity index (χ1n) is 10.4. The predicted molar refractivity (Wildman–Crippen MR) is 107 cm³/mol. The lowest BCUT2D eigenvalue weighted by molar-refractivity contribution is 0.0565. The quantitative estimate of drug-likeness (QED) is 0.335. The van der Waals surface area contributed by atoms with E-state index in [1.165, 1.54) is 12.8 Å². The van der Waals surface area contributed by atoms with Crippen LogP contribution in [0, 0.1) is 11.8 Å². The fourth-order valence-electron chi connectivity index (χ4n) is 3.91. The van der Waals surface area contributed by atoms with Crippen LogP contribution in [0.25, 0.3) is 0 Å². The molecule has 0 heterocycles. The minimum atomic E-state index is 0.235. The van der Waals surface area contributed by atoms with Crippen molar-refractivity contribution in [1.82, 2.24) is 0 Å². The standard InChI is InChI=1S/C22H40O4/c1-25-21-18-22(26-2)20(15-11-7-5-9-13-17-24)19(21)14-10-6-3-4-8-12-16-23/h7,10-11,14,19-24H,3-6,8-9,12-13,15-18H2,1-2H3/b11-7-,14-10+/t19-,20?,21-,22+/m0/s1. The van der Waals surface area contributed by atoms with Gasteiger partial charge in [0.15, 0.2) is 0 Å². The highest BCUT2D eigenvalue weighted by Crippen LogP contribution is 2.39. The Bertz CT molecular complexity index is 380. The van der Waals surface area contributed by atoms with Crippen LogP contribution in [0.15, 0.2) is 24.3 Å². The number of allylic oxidation sites excluding steroid dienone is 3. The highest BCUT2D eigenvalue weighted by molar-refractivity contribution is 5.05. The molecule has 0 bridgehead atoms. The summed E-state index contributed by atoms with van der Waals surface area (Å²) in [6.45, 7) is 0.589. The summed E-state index contributed by atoms with van der Waals surface area (Å²) < 4.78 is 11.5. The number of hydrogen-bond donors (Lipinski definition) is 2. The van der Waals surface area contributed by atoms with Crippen molar-refractivity contribution in [3.8, 4) is 0 Å². The lowest BCUT2D eigenvalue weighted by atomic mass is 9.89. The van der Waals surface area contributed by atoms with Crippen LogP contribution in [0.2, 0.25) is 0 Å². The van der Waals surface area contributed by atoms with Gasteiger partial charge in [0.05, 0.1) is 12.2 Å². The average Bonchev–Trinajstić information content (AvgIpc) is 3.00. The number of methoxy groups -OCH3 is 2. The predicted octanol–water partition coefficient (Wildman–Crippen LogP) is 4.26. The molecule has 0 amide bonds. The summed E-state index contributed by atoms with van der Waals surface area (Å²) in [7, 11) is 3.61. The van der Waals surface area contributed by atoms with Crippen molar-refractivity contribution in [2.75, 3.05) is 27.4 Å². The molecule has 26 heavy (non-hydrogen) atoms. The second-order valence-corrected chi connectivity index (χ2v) is 7.31. The number of hydrogen-bond acceptors (Lipinski definition) is 4. The summed E-state index contributed by atoms with van der Waals surface area (Å²) in [5.41, 5.74) is 0. The van der Waals surface area contributed by atoms with E-state index in [-0.39, 0.29) is 18.8 Å². The molecule has 1 rings (SSSR count). The summed E-state index contributed by atoms with van der Waals surface area (Å²) >= 11 is 0. The Morgan fingerprint density at radius 1 is 0.769 bits per heavy atom. The third-order valence-electron chi connectivity index (χ3n) is 5.46. The zero-order valence-electron chi connectivity index (χ0n) is 16.8. The smallest absolute Gasteiger partial charge is 0.0662 e. The monoisotopic (exact) mass is 368 g/mol. The minimum absolute atomic E-state index is 0.235. The molecule has 4 heteroatoms. The maximum Gasteiger partial charge on any atom is 0.0662 e. The van der Waals surface area contributed by atoms with Crippen molar-refractivity contribution in [3.05, 3.63) is 24.3 Å². The van der Waals surface area contributed by atoms with E-state index in [1.807, 2.05) is 7.11 Å². The Labute approximate surface area is 160 Å². The van der Waals surface area contributed by atoms with Crippen molar-refractivity contribution in [1.29, 1.82) is 0 Å². The van der Waals surface area contributed by atoms with Gasteiger partial charge in [0.1, 0.15) is 0 Å². The van der Waals surface area contributed by atoms with E-state index in [9.17, 15) is 0 Å². The van der Waals surface area contributed by atoms with E-state index in [4.69, 9.17) is 19.7 Å². The normalized spacial score (nSPS) is 26.5. The van der Waals surface area contributed by atoms with E-state index in [2.05, 4.69) is 24.3 Å². The van der Waals surface area contributed by atoms with Gasteiger partial charge < -0.3 is 19.7 Å². The summed E-state index contributed by atoms with van der Waals surface area (Å²) in [6, 6.07) is 0. The maximum atomic E-state index is 8.84. The van der Waals surface area contributed by atoms with Gasteiger partial charge in [-0.1, -0.05) is 37.1 Å². The first-order valence-corrected chi connectivity index (χ1v) is 10.4. The summed E-state index contributed by atoms with van der Waals surface area (Å²) in [5.74, 6) is 0.870. The van der Waals surface area contributed by atoms with Crippen LogP contribution in [-0.2, 0) is 9.47 Å². The van der Waals surface area contributed by atoms with Gasteiger partial charge in [-0.3, -0.25) is 0 Å². The molecular formula is C22H40O4. The molecule has 2 N–H and O–H groups in total. The second-order valence-electron chi connectivity index (χ2n) is 7.31. The summed E-state index contributed by atoms with van der Waals surface area (Å²) in [6.07, 6.45) is 20.1. The highest BCUT2D eigenvalue weighted by atomic mass is 16.5. The van der Waals surface area contributed by atoms with Gasteiger partial charge in [-0.2, -0.15) is 0 Å². The van der Waals surface area contributed by atoms with Gasteiger partial charge in [-0.25, -0.2) is 0 Å². The van der Waals surface area contributed by atoms with Gasteiger partial charge in [0.25, 0.3) is 0 Å². The molecular weight excluding hydrogens is 328 g/mol. The molecule has 4 nitrogen and oxygen atoms in total. The Morgan fingerprint density at radius 2 is 1.38 bits per heavy atom. The Morgan fingerprint density at radius 3 is 2.08 bits per heavy atom. The second kappa shape index (κ2) is 15.4. The van der Waals surface area contributed by atoms with Crippen LogP contribution in [0.4, 0.5) is 0 Å². The number of ether oxygens (including phenoxy) is 2. The number of aliphatic hydroxyl groups is 2. The zero-order chi connectivity index (χ0) is 19.0. The molecule has 0 aliphatic heterocycles. The topological polar surface area (TPSA) is 58.9 Å². The lowest BCUT2D eigenvalue weighted by Gasteiger charge is -2.22. The van der Waals surface area contributed by atoms with E-state index < -0.39 is 0 Å². The molecule has 1 unspecified atom stereocenters. The molecule has 1 aliphatic rings. The molecule has 1 fully saturated rings. The van der Waals surface area contributed by atoms with Crippen LogP contribution < -0.4 is 0 Å². The SMILES string of the molecule is CO[C@H]1C[C@@H](OC)C(C/C=C\CCCCO)[C@@H]1/C=C/CCCCCCO. The van der Waals surface area contributed by atoms with Gasteiger partial charge >= 0.3 is 0 Å². The Kier molecular flexibility index (Phi) is 13.8. The maximum absolute atomic E-state index is 8.84. The zero-order valence-corrected chi connectivity index (χ0v) is 16.8. The van der Waals surface area contributed by atoms with Crippen LogP contribution >= 0.6 is 0 Å². The van der Waals surface area contributed by atoms with Crippen molar-refractivity contribution in [3.63, 3.8) is 0 Å². The fraction of sp³-hybridized carbons (Fsp3) is 0.818. The molecule has 0 aromatic heterocycles. The first kappa shape index (κ1) is 23.4. The van der Waals surface area contributed by atoms with Crippen LogP contribution in [-0.4, -0.2) is 49.9 Å². The van der Waals surface area contributed by atoms with E-state index in [1.54, 1.807) is 7.11 Å². The number of rotatable bonds is 15. The largest absolute Gasteiger partial charge is 0.396 e. The van der Waals surface area contributed by atoms with E-state index in [0.29, 0.717) is 18.4 Å². The fourth-order valence-corrected chi connectivity index (χ4v) is 3.91. The van der Waals surface area contributed by atoms with Gasteiger partial charge in [0, 0.05) is 39.8 Å². The molecule has 152 valence electrons. The van der Waals surface area contributed by atoms with Gasteiger partial charge in [-0.05, 0) is 50.9 Å². The molecule has 0 saturated heterocycles. The number of unbranched alkanes of at least 4 members (excludes halogenated alkanes) is 6. The van der Waals surface area contributed by atoms with Crippen LogP contribution in [0.5, 0.6) is 0 Å². The van der Waals surface area contributed by atoms with Crippen LogP contribution in [0.3, 0.4) is 0 Å². The van der Waals surface area contributed by atoms with Crippen molar-refractivity contribution in [2.24, 2.45) is 11.8 Å². The molecule has 0 radical (unpaired) electrons. The molecule has 4 atom stereocenters. The molecule has 0 aromatic carbocycles. The summed E-state index contributed by atoms with van der Waals surface area (Å²) in [5, 5.41) is 17.7. The summed E-state index contributed by atoms with van der Waals surface area (Å²) in [4.78, 5) is 0. The average molecular weight is 369 g/mol. The van der Waals surface area contributed by atoms with Gasteiger partial charge in [-0.15, -0.1) is 0 Å².